The maximum absolute atomic E-state index is 5.31. The maximum atomic E-state index is 5.31. The standard InChI is InChI=1S/C17H16N2O/c1-13-7-10-15(11-8-13)17-18-16(20-19-17)12-9-14-5-3-2-4-6-14/h2-8,10-11H,9,12H2,1H3. The van der Waals surface area contributed by atoms with Crippen molar-refractivity contribution >= 4 is 0 Å². The molecule has 100 valence electrons. The molecule has 0 amide bonds. The zero-order valence-electron chi connectivity index (χ0n) is 11.4. The highest BCUT2D eigenvalue weighted by Crippen LogP contribution is 2.17. The van der Waals surface area contributed by atoms with Crippen LogP contribution in [0.4, 0.5) is 0 Å². The first-order valence-electron chi connectivity index (χ1n) is 6.75. The Bertz CT molecular complexity index is 672. The van der Waals surface area contributed by atoms with Crippen LogP contribution in [0.1, 0.15) is 17.0 Å². The largest absolute Gasteiger partial charge is 0.339 e. The van der Waals surface area contributed by atoms with Gasteiger partial charge in [-0.25, -0.2) is 0 Å². The molecule has 3 rings (SSSR count). The molecule has 2 aromatic carbocycles. The van der Waals surface area contributed by atoms with Gasteiger partial charge >= 0.3 is 0 Å². The molecule has 0 atom stereocenters. The number of hydrogen-bond donors (Lipinski definition) is 0. The fourth-order valence-electron chi connectivity index (χ4n) is 2.07. The van der Waals surface area contributed by atoms with Crippen molar-refractivity contribution in [2.75, 3.05) is 0 Å². The highest BCUT2D eigenvalue weighted by Gasteiger charge is 2.08. The quantitative estimate of drug-likeness (QED) is 0.719. The minimum Gasteiger partial charge on any atom is -0.339 e. The molecule has 0 N–H and O–H groups in total. The van der Waals surface area contributed by atoms with Crippen molar-refractivity contribution in [2.45, 2.75) is 19.8 Å². The summed E-state index contributed by atoms with van der Waals surface area (Å²) < 4.78 is 5.31. The molecule has 0 saturated heterocycles. The lowest BCUT2D eigenvalue weighted by Crippen LogP contribution is -1.91. The molecule has 0 aliphatic rings. The van der Waals surface area contributed by atoms with E-state index in [0.29, 0.717) is 11.7 Å². The Kier molecular flexibility index (Phi) is 3.59. The van der Waals surface area contributed by atoms with Crippen LogP contribution in [-0.4, -0.2) is 10.1 Å². The van der Waals surface area contributed by atoms with Gasteiger partial charge in [-0.1, -0.05) is 65.3 Å². The molecule has 0 radical (unpaired) electrons. The van der Waals surface area contributed by atoms with Gasteiger partial charge in [0.1, 0.15) is 0 Å². The molecule has 1 aromatic heterocycles. The second-order valence-corrected chi connectivity index (χ2v) is 4.86. The Balaban J connectivity index is 1.69. The van der Waals surface area contributed by atoms with Crippen molar-refractivity contribution in [3.63, 3.8) is 0 Å². The number of benzene rings is 2. The van der Waals surface area contributed by atoms with Gasteiger partial charge in [0.05, 0.1) is 0 Å². The van der Waals surface area contributed by atoms with E-state index in [1.807, 2.05) is 30.3 Å². The first kappa shape index (κ1) is 12.6. The Hall–Kier alpha value is -2.42. The summed E-state index contributed by atoms with van der Waals surface area (Å²) in [4.78, 5) is 4.45. The van der Waals surface area contributed by atoms with Gasteiger partial charge in [0.2, 0.25) is 11.7 Å². The molecule has 0 unspecified atom stereocenters. The Labute approximate surface area is 118 Å². The van der Waals surface area contributed by atoms with Crippen LogP contribution < -0.4 is 0 Å². The number of aryl methyl sites for hydroxylation is 3. The summed E-state index contributed by atoms with van der Waals surface area (Å²) in [5.74, 6) is 1.34. The molecule has 0 aliphatic carbocycles. The molecule has 0 fully saturated rings. The van der Waals surface area contributed by atoms with E-state index < -0.39 is 0 Å². The third-order valence-electron chi connectivity index (χ3n) is 3.25. The molecule has 20 heavy (non-hydrogen) atoms. The molecular weight excluding hydrogens is 248 g/mol. The molecule has 3 heteroatoms. The van der Waals surface area contributed by atoms with Gasteiger partial charge in [0.25, 0.3) is 0 Å². The van der Waals surface area contributed by atoms with Gasteiger partial charge in [0.15, 0.2) is 0 Å². The average molecular weight is 264 g/mol. The summed E-state index contributed by atoms with van der Waals surface area (Å²) in [6, 6.07) is 18.5. The SMILES string of the molecule is Cc1ccc(-c2noc(CCc3ccccc3)n2)cc1. The topological polar surface area (TPSA) is 38.9 Å². The van der Waals surface area contributed by atoms with Crippen molar-refractivity contribution in [3.8, 4) is 11.4 Å². The second kappa shape index (κ2) is 5.70. The highest BCUT2D eigenvalue weighted by atomic mass is 16.5. The third-order valence-corrected chi connectivity index (χ3v) is 3.25. The molecular formula is C17H16N2O. The van der Waals surface area contributed by atoms with Gasteiger partial charge in [-0.15, -0.1) is 0 Å². The lowest BCUT2D eigenvalue weighted by Gasteiger charge is -1.96. The lowest BCUT2D eigenvalue weighted by molar-refractivity contribution is 0.379. The van der Waals surface area contributed by atoms with Crippen molar-refractivity contribution in [2.24, 2.45) is 0 Å². The van der Waals surface area contributed by atoms with Crippen LogP contribution in [0.5, 0.6) is 0 Å². The molecule has 3 aromatic rings. The van der Waals surface area contributed by atoms with Crippen LogP contribution >= 0.6 is 0 Å². The smallest absolute Gasteiger partial charge is 0.227 e. The number of aromatic nitrogens is 2. The molecule has 0 aliphatic heterocycles. The summed E-state index contributed by atoms with van der Waals surface area (Å²) in [7, 11) is 0. The fourth-order valence-corrected chi connectivity index (χ4v) is 2.07. The zero-order valence-corrected chi connectivity index (χ0v) is 11.4. The maximum Gasteiger partial charge on any atom is 0.227 e. The van der Waals surface area contributed by atoms with Crippen LogP contribution in [0.3, 0.4) is 0 Å². The lowest BCUT2D eigenvalue weighted by atomic mass is 10.1. The molecule has 0 spiro atoms. The van der Waals surface area contributed by atoms with Crippen LogP contribution in [0.2, 0.25) is 0 Å². The van der Waals surface area contributed by atoms with Gasteiger partial charge in [-0.3, -0.25) is 0 Å². The summed E-state index contributed by atoms with van der Waals surface area (Å²) in [5.41, 5.74) is 3.49. The first-order valence-corrected chi connectivity index (χ1v) is 6.75. The normalized spacial score (nSPS) is 10.7. The Morgan fingerprint density at radius 1 is 0.900 bits per heavy atom. The zero-order chi connectivity index (χ0) is 13.8. The molecule has 3 nitrogen and oxygen atoms in total. The number of nitrogens with zero attached hydrogens (tertiary/aromatic N) is 2. The van der Waals surface area contributed by atoms with E-state index in [4.69, 9.17) is 4.52 Å². The minimum atomic E-state index is 0.660. The van der Waals surface area contributed by atoms with E-state index in [1.54, 1.807) is 0 Å². The van der Waals surface area contributed by atoms with Gasteiger partial charge in [-0.05, 0) is 18.9 Å². The third kappa shape index (κ3) is 2.94. The van der Waals surface area contributed by atoms with E-state index in [-0.39, 0.29) is 0 Å². The molecule has 1 heterocycles. The first-order chi connectivity index (χ1) is 9.81. The van der Waals surface area contributed by atoms with Crippen LogP contribution in [-0.2, 0) is 12.8 Å². The number of rotatable bonds is 4. The van der Waals surface area contributed by atoms with Gasteiger partial charge in [0, 0.05) is 12.0 Å². The summed E-state index contributed by atoms with van der Waals surface area (Å²) in [6.45, 7) is 2.06. The van der Waals surface area contributed by atoms with Crippen LogP contribution in [0.25, 0.3) is 11.4 Å². The van der Waals surface area contributed by atoms with Gasteiger partial charge < -0.3 is 4.52 Å². The van der Waals surface area contributed by atoms with E-state index in [0.717, 1.165) is 18.4 Å². The monoisotopic (exact) mass is 264 g/mol. The Morgan fingerprint density at radius 3 is 2.40 bits per heavy atom. The summed E-state index contributed by atoms with van der Waals surface area (Å²) in [6.07, 6.45) is 1.68. The molecule has 0 bridgehead atoms. The van der Waals surface area contributed by atoms with E-state index >= 15 is 0 Å². The van der Waals surface area contributed by atoms with E-state index in [9.17, 15) is 0 Å². The van der Waals surface area contributed by atoms with Crippen molar-refractivity contribution in [1.29, 1.82) is 0 Å². The highest BCUT2D eigenvalue weighted by molar-refractivity contribution is 5.54. The van der Waals surface area contributed by atoms with Crippen molar-refractivity contribution in [3.05, 3.63) is 71.6 Å². The summed E-state index contributed by atoms with van der Waals surface area (Å²) >= 11 is 0. The molecule has 0 saturated carbocycles. The predicted octanol–water partition coefficient (Wildman–Crippen LogP) is 3.83. The Morgan fingerprint density at radius 2 is 1.65 bits per heavy atom. The summed E-state index contributed by atoms with van der Waals surface area (Å²) in [5, 5.41) is 4.04. The second-order valence-electron chi connectivity index (χ2n) is 4.86. The minimum absolute atomic E-state index is 0.660. The van der Waals surface area contributed by atoms with Crippen LogP contribution in [0.15, 0.2) is 59.1 Å². The predicted molar refractivity (Wildman–Crippen MR) is 78.3 cm³/mol. The van der Waals surface area contributed by atoms with Crippen LogP contribution in [0, 0.1) is 6.92 Å². The fraction of sp³-hybridized carbons (Fsp3) is 0.176. The van der Waals surface area contributed by atoms with Gasteiger partial charge in [-0.2, -0.15) is 4.98 Å². The average Bonchev–Trinajstić information content (AvgIpc) is 2.96. The van der Waals surface area contributed by atoms with Crippen molar-refractivity contribution < 1.29 is 4.52 Å². The van der Waals surface area contributed by atoms with Crippen molar-refractivity contribution in [1.82, 2.24) is 10.1 Å². The van der Waals surface area contributed by atoms with E-state index in [1.165, 1.54) is 11.1 Å². The van der Waals surface area contributed by atoms with E-state index in [2.05, 4.69) is 41.3 Å². The number of hydrogen-bond acceptors (Lipinski definition) is 3.